The largest absolute Gasteiger partial charge is 0.497 e. The van der Waals surface area contributed by atoms with Gasteiger partial charge in [0.15, 0.2) is 0 Å². The summed E-state index contributed by atoms with van der Waals surface area (Å²) in [6.07, 6.45) is 3.82. The van der Waals surface area contributed by atoms with E-state index >= 15 is 0 Å². The maximum Gasteiger partial charge on any atom is 0.118 e. The molecule has 1 unspecified atom stereocenters. The molecule has 0 aliphatic rings. The molecule has 0 bridgehead atoms. The lowest BCUT2D eigenvalue weighted by atomic mass is 10.1. The van der Waals surface area contributed by atoms with Gasteiger partial charge in [-0.25, -0.2) is 4.98 Å². The number of benzene rings is 1. The molecule has 20 heavy (non-hydrogen) atoms. The van der Waals surface area contributed by atoms with E-state index in [9.17, 15) is 0 Å². The molecule has 0 saturated heterocycles. The van der Waals surface area contributed by atoms with Gasteiger partial charge in [-0.05, 0) is 24.6 Å². The fourth-order valence-electron chi connectivity index (χ4n) is 2.17. The monoisotopic (exact) mass is 273 g/mol. The highest BCUT2D eigenvalue weighted by molar-refractivity contribution is 5.29. The van der Waals surface area contributed by atoms with Gasteiger partial charge in [-0.15, -0.1) is 0 Å². The van der Waals surface area contributed by atoms with Crippen LogP contribution in [0.2, 0.25) is 0 Å². The minimum atomic E-state index is 0.257. The molecule has 1 aromatic carbocycles. The number of ether oxygens (including phenoxy) is 1. The number of hydrogen-bond acceptors (Lipinski definition) is 3. The van der Waals surface area contributed by atoms with E-state index in [0.29, 0.717) is 6.04 Å². The minimum Gasteiger partial charge on any atom is -0.497 e. The van der Waals surface area contributed by atoms with Crippen LogP contribution in [0.1, 0.15) is 38.1 Å². The van der Waals surface area contributed by atoms with Crippen molar-refractivity contribution in [2.24, 2.45) is 0 Å². The van der Waals surface area contributed by atoms with Crippen molar-refractivity contribution in [3.05, 3.63) is 48.0 Å². The summed E-state index contributed by atoms with van der Waals surface area (Å²) in [5, 5.41) is 3.43. The van der Waals surface area contributed by atoms with Crippen molar-refractivity contribution in [1.29, 1.82) is 0 Å². The van der Waals surface area contributed by atoms with Gasteiger partial charge in [0.2, 0.25) is 0 Å². The maximum absolute atomic E-state index is 5.20. The van der Waals surface area contributed by atoms with E-state index < -0.39 is 0 Å². The second kappa shape index (κ2) is 6.57. The van der Waals surface area contributed by atoms with Crippen molar-refractivity contribution in [2.75, 3.05) is 7.11 Å². The Morgan fingerprint density at radius 1 is 1.20 bits per heavy atom. The molecule has 0 radical (unpaired) electrons. The number of aromatic nitrogens is 2. The number of methoxy groups -OCH3 is 1. The molecule has 0 spiro atoms. The maximum atomic E-state index is 5.20. The Morgan fingerprint density at radius 3 is 2.50 bits per heavy atom. The molecule has 0 saturated carbocycles. The quantitative estimate of drug-likeness (QED) is 0.879. The predicted octanol–water partition coefficient (Wildman–Crippen LogP) is 3.00. The fraction of sp³-hybridized carbons (Fsp3) is 0.438. The van der Waals surface area contributed by atoms with E-state index in [4.69, 9.17) is 4.74 Å². The summed E-state index contributed by atoms with van der Waals surface area (Å²) in [6, 6.07) is 8.91. The topological polar surface area (TPSA) is 39.1 Å². The Kier molecular flexibility index (Phi) is 4.79. The molecular weight excluding hydrogens is 250 g/mol. The first kappa shape index (κ1) is 14.6. The predicted molar refractivity (Wildman–Crippen MR) is 81.0 cm³/mol. The smallest absolute Gasteiger partial charge is 0.118 e. The van der Waals surface area contributed by atoms with Crippen LogP contribution in [0, 0.1) is 0 Å². The molecule has 0 fully saturated rings. The standard InChI is InChI=1S/C16H23N3O/c1-12(2)18-10-15-9-17-11-19(15)13(3)14-5-7-16(20-4)8-6-14/h5-9,11-13,18H,10H2,1-4H3. The average molecular weight is 273 g/mol. The van der Waals surface area contributed by atoms with Crippen LogP contribution < -0.4 is 10.1 Å². The number of imidazole rings is 1. The van der Waals surface area contributed by atoms with Crippen LogP contribution in [0.5, 0.6) is 5.75 Å². The van der Waals surface area contributed by atoms with Crippen LogP contribution in [0.3, 0.4) is 0 Å². The van der Waals surface area contributed by atoms with Gasteiger partial charge in [0.25, 0.3) is 0 Å². The third-order valence-corrected chi connectivity index (χ3v) is 3.45. The number of nitrogens with zero attached hydrogens (tertiary/aromatic N) is 2. The number of hydrogen-bond donors (Lipinski definition) is 1. The molecule has 0 aliphatic heterocycles. The van der Waals surface area contributed by atoms with E-state index in [0.717, 1.165) is 12.3 Å². The highest BCUT2D eigenvalue weighted by atomic mass is 16.5. The first-order valence-corrected chi connectivity index (χ1v) is 7.00. The lowest BCUT2D eigenvalue weighted by molar-refractivity contribution is 0.414. The molecule has 108 valence electrons. The molecule has 0 amide bonds. The Bertz CT molecular complexity index is 531. The number of nitrogens with one attached hydrogen (secondary N) is 1. The van der Waals surface area contributed by atoms with Crippen LogP contribution in [0.15, 0.2) is 36.8 Å². The van der Waals surface area contributed by atoms with Crippen LogP contribution in [0.4, 0.5) is 0 Å². The zero-order valence-corrected chi connectivity index (χ0v) is 12.6. The zero-order chi connectivity index (χ0) is 14.5. The average Bonchev–Trinajstić information content (AvgIpc) is 2.93. The van der Waals surface area contributed by atoms with E-state index in [1.807, 2.05) is 24.7 Å². The molecule has 2 rings (SSSR count). The lowest BCUT2D eigenvalue weighted by Crippen LogP contribution is -2.24. The van der Waals surface area contributed by atoms with Crippen LogP contribution in [-0.2, 0) is 6.54 Å². The SMILES string of the molecule is COc1ccc(C(C)n2cncc2CNC(C)C)cc1. The molecule has 2 aromatic rings. The van der Waals surface area contributed by atoms with Crippen LogP contribution in [0.25, 0.3) is 0 Å². The normalized spacial score (nSPS) is 12.7. The van der Waals surface area contributed by atoms with E-state index in [1.165, 1.54) is 11.3 Å². The Labute approximate surface area is 120 Å². The molecule has 1 aromatic heterocycles. The minimum absolute atomic E-state index is 0.257. The Hall–Kier alpha value is -1.81. The van der Waals surface area contributed by atoms with E-state index in [2.05, 4.69) is 47.8 Å². The van der Waals surface area contributed by atoms with Crippen molar-refractivity contribution >= 4 is 0 Å². The third kappa shape index (κ3) is 3.39. The van der Waals surface area contributed by atoms with Crippen molar-refractivity contribution in [2.45, 2.75) is 39.4 Å². The zero-order valence-electron chi connectivity index (χ0n) is 12.6. The summed E-state index contributed by atoms with van der Waals surface area (Å²) < 4.78 is 7.40. The number of rotatable bonds is 6. The van der Waals surface area contributed by atoms with Crippen LogP contribution >= 0.6 is 0 Å². The third-order valence-electron chi connectivity index (χ3n) is 3.45. The molecule has 1 atom stereocenters. The first-order valence-electron chi connectivity index (χ1n) is 7.00. The van der Waals surface area contributed by atoms with Gasteiger partial charge in [0, 0.05) is 18.8 Å². The summed E-state index contributed by atoms with van der Waals surface area (Å²) in [4.78, 5) is 4.28. The highest BCUT2D eigenvalue weighted by Crippen LogP contribution is 2.22. The van der Waals surface area contributed by atoms with Gasteiger partial charge in [-0.1, -0.05) is 26.0 Å². The van der Waals surface area contributed by atoms with Gasteiger partial charge < -0.3 is 14.6 Å². The Morgan fingerprint density at radius 2 is 1.90 bits per heavy atom. The molecule has 1 N–H and O–H groups in total. The molecule has 4 heteroatoms. The molecule has 1 heterocycles. The van der Waals surface area contributed by atoms with Gasteiger partial charge in [-0.3, -0.25) is 0 Å². The second-order valence-corrected chi connectivity index (χ2v) is 5.28. The van der Waals surface area contributed by atoms with E-state index in [1.54, 1.807) is 7.11 Å². The van der Waals surface area contributed by atoms with Crippen molar-refractivity contribution < 1.29 is 4.74 Å². The summed E-state index contributed by atoms with van der Waals surface area (Å²) >= 11 is 0. The van der Waals surface area contributed by atoms with Crippen molar-refractivity contribution in [3.8, 4) is 5.75 Å². The van der Waals surface area contributed by atoms with Gasteiger partial charge in [-0.2, -0.15) is 0 Å². The lowest BCUT2D eigenvalue weighted by Gasteiger charge is -2.18. The highest BCUT2D eigenvalue weighted by Gasteiger charge is 2.11. The molecule has 0 aliphatic carbocycles. The molecular formula is C16H23N3O. The van der Waals surface area contributed by atoms with Crippen molar-refractivity contribution in [3.63, 3.8) is 0 Å². The first-order chi connectivity index (χ1) is 9.61. The molecule has 4 nitrogen and oxygen atoms in total. The second-order valence-electron chi connectivity index (χ2n) is 5.28. The van der Waals surface area contributed by atoms with Crippen molar-refractivity contribution in [1.82, 2.24) is 14.9 Å². The summed E-state index contributed by atoms with van der Waals surface area (Å²) in [6.45, 7) is 7.31. The fourth-order valence-corrected chi connectivity index (χ4v) is 2.17. The summed E-state index contributed by atoms with van der Waals surface area (Å²) in [5.41, 5.74) is 2.44. The van der Waals surface area contributed by atoms with Crippen LogP contribution in [-0.4, -0.2) is 22.7 Å². The van der Waals surface area contributed by atoms with Gasteiger partial charge in [0.05, 0.1) is 25.2 Å². The van der Waals surface area contributed by atoms with E-state index in [-0.39, 0.29) is 6.04 Å². The summed E-state index contributed by atoms with van der Waals surface area (Å²) in [5.74, 6) is 0.883. The summed E-state index contributed by atoms with van der Waals surface area (Å²) in [7, 11) is 1.68. The van der Waals surface area contributed by atoms with Gasteiger partial charge in [0.1, 0.15) is 5.75 Å². The van der Waals surface area contributed by atoms with Gasteiger partial charge >= 0.3 is 0 Å². The Balaban J connectivity index is 2.15.